The molecule has 2 rings (SSSR count). The zero-order valence-electron chi connectivity index (χ0n) is 11.6. The van der Waals surface area contributed by atoms with Crippen molar-refractivity contribution in [1.82, 2.24) is 0 Å². The van der Waals surface area contributed by atoms with Crippen LogP contribution in [0.5, 0.6) is 0 Å². The number of aliphatic hydroxyl groups is 1. The molecule has 1 unspecified atom stereocenters. The molecule has 2 nitrogen and oxygen atoms in total. The summed E-state index contributed by atoms with van der Waals surface area (Å²) in [7, 11) is 0. The molecular formula is C16H23ClO2. The van der Waals surface area contributed by atoms with Crippen molar-refractivity contribution in [1.29, 1.82) is 0 Å². The minimum absolute atomic E-state index is 0.369. The zero-order chi connectivity index (χ0) is 13.7. The maximum Gasteiger partial charge on any atom is 0.0943 e. The van der Waals surface area contributed by atoms with Crippen LogP contribution in [0.3, 0.4) is 0 Å². The molecule has 0 aliphatic heterocycles. The first-order valence-electron chi connectivity index (χ1n) is 7.23. The van der Waals surface area contributed by atoms with Gasteiger partial charge in [-0.25, -0.2) is 0 Å². The van der Waals surface area contributed by atoms with E-state index in [2.05, 4.69) is 0 Å². The van der Waals surface area contributed by atoms with Crippen molar-refractivity contribution in [2.24, 2.45) is 0 Å². The van der Waals surface area contributed by atoms with Gasteiger partial charge in [-0.05, 0) is 31.4 Å². The Balaban J connectivity index is 2.11. The zero-order valence-corrected chi connectivity index (χ0v) is 12.3. The van der Waals surface area contributed by atoms with Crippen molar-refractivity contribution in [3.8, 4) is 0 Å². The highest BCUT2D eigenvalue weighted by Gasteiger charge is 2.39. The van der Waals surface area contributed by atoms with Crippen LogP contribution in [0.1, 0.15) is 44.6 Å². The third-order valence-corrected chi connectivity index (χ3v) is 4.48. The molecule has 1 aliphatic rings. The lowest BCUT2D eigenvalue weighted by Crippen LogP contribution is -2.47. The van der Waals surface area contributed by atoms with Crippen LogP contribution in [0.15, 0.2) is 24.3 Å². The second kappa shape index (κ2) is 6.74. The first-order chi connectivity index (χ1) is 9.18. The van der Waals surface area contributed by atoms with Crippen molar-refractivity contribution in [2.75, 3.05) is 6.61 Å². The molecule has 1 aliphatic carbocycles. The molecule has 0 saturated heterocycles. The fraction of sp³-hybridized carbons (Fsp3) is 0.625. The monoisotopic (exact) mass is 282 g/mol. The Hall–Kier alpha value is -0.570. The van der Waals surface area contributed by atoms with Gasteiger partial charge in [-0.1, -0.05) is 49.1 Å². The SMILES string of the molecule is CCOC1(C(O)Cc2ccccc2Cl)CCCCC1. The van der Waals surface area contributed by atoms with E-state index in [0.717, 1.165) is 36.3 Å². The second-order valence-corrected chi connectivity index (χ2v) is 5.78. The van der Waals surface area contributed by atoms with E-state index in [0.29, 0.717) is 13.0 Å². The summed E-state index contributed by atoms with van der Waals surface area (Å²) in [5, 5.41) is 11.4. The van der Waals surface area contributed by atoms with Crippen LogP contribution in [-0.2, 0) is 11.2 Å². The Kier molecular flexibility index (Phi) is 5.26. The Morgan fingerprint density at radius 1 is 1.26 bits per heavy atom. The van der Waals surface area contributed by atoms with Gasteiger partial charge in [0, 0.05) is 18.1 Å². The van der Waals surface area contributed by atoms with E-state index >= 15 is 0 Å². The Labute approximate surface area is 120 Å². The molecule has 106 valence electrons. The number of benzene rings is 1. The molecule has 0 aromatic heterocycles. The maximum absolute atomic E-state index is 10.6. The third-order valence-electron chi connectivity index (χ3n) is 4.11. The van der Waals surface area contributed by atoms with E-state index < -0.39 is 6.10 Å². The van der Waals surface area contributed by atoms with Crippen LogP contribution < -0.4 is 0 Å². The smallest absolute Gasteiger partial charge is 0.0943 e. The quantitative estimate of drug-likeness (QED) is 0.885. The summed E-state index contributed by atoms with van der Waals surface area (Å²) in [6.07, 6.45) is 5.51. The molecule has 19 heavy (non-hydrogen) atoms. The van der Waals surface area contributed by atoms with E-state index in [-0.39, 0.29) is 5.60 Å². The first-order valence-corrected chi connectivity index (χ1v) is 7.61. The molecule has 1 atom stereocenters. The van der Waals surface area contributed by atoms with E-state index in [1.54, 1.807) is 0 Å². The van der Waals surface area contributed by atoms with Crippen molar-refractivity contribution in [3.05, 3.63) is 34.9 Å². The molecule has 1 N–H and O–H groups in total. The summed E-state index contributed by atoms with van der Waals surface area (Å²) in [6, 6.07) is 7.73. The summed E-state index contributed by atoms with van der Waals surface area (Å²) >= 11 is 6.18. The summed E-state index contributed by atoms with van der Waals surface area (Å²) < 4.78 is 5.95. The van der Waals surface area contributed by atoms with Crippen molar-refractivity contribution < 1.29 is 9.84 Å². The standard InChI is InChI=1S/C16H23ClO2/c1-2-19-16(10-6-3-7-11-16)15(18)12-13-8-4-5-9-14(13)17/h4-5,8-9,15,18H,2-3,6-7,10-12H2,1H3. The van der Waals surface area contributed by atoms with Gasteiger partial charge in [0.15, 0.2) is 0 Å². The van der Waals surface area contributed by atoms with E-state index in [4.69, 9.17) is 16.3 Å². The third kappa shape index (κ3) is 3.50. The van der Waals surface area contributed by atoms with Gasteiger partial charge in [0.2, 0.25) is 0 Å². The lowest BCUT2D eigenvalue weighted by atomic mass is 9.78. The van der Waals surface area contributed by atoms with Crippen LogP contribution >= 0.6 is 11.6 Å². The Bertz CT molecular complexity index is 394. The largest absolute Gasteiger partial charge is 0.390 e. The van der Waals surface area contributed by atoms with Crippen LogP contribution in [0.2, 0.25) is 5.02 Å². The van der Waals surface area contributed by atoms with Gasteiger partial charge in [-0.2, -0.15) is 0 Å². The van der Waals surface area contributed by atoms with Gasteiger partial charge >= 0.3 is 0 Å². The summed E-state index contributed by atoms with van der Waals surface area (Å²) in [4.78, 5) is 0. The number of rotatable bonds is 5. The van der Waals surface area contributed by atoms with E-state index in [9.17, 15) is 5.11 Å². The van der Waals surface area contributed by atoms with Crippen LogP contribution in [-0.4, -0.2) is 23.4 Å². The van der Waals surface area contributed by atoms with Gasteiger partial charge in [0.1, 0.15) is 0 Å². The summed E-state index contributed by atoms with van der Waals surface area (Å²) in [5.41, 5.74) is 0.632. The Morgan fingerprint density at radius 2 is 1.95 bits per heavy atom. The van der Waals surface area contributed by atoms with Crippen LogP contribution in [0.4, 0.5) is 0 Å². The van der Waals surface area contributed by atoms with Crippen LogP contribution in [0.25, 0.3) is 0 Å². The number of hydrogen-bond acceptors (Lipinski definition) is 2. The van der Waals surface area contributed by atoms with Crippen molar-refractivity contribution in [2.45, 2.75) is 57.2 Å². The summed E-state index contributed by atoms with van der Waals surface area (Å²) in [6.45, 7) is 2.65. The van der Waals surface area contributed by atoms with Gasteiger partial charge in [0.05, 0.1) is 11.7 Å². The average molecular weight is 283 g/mol. The molecule has 0 heterocycles. The molecule has 1 fully saturated rings. The molecule has 0 radical (unpaired) electrons. The molecular weight excluding hydrogens is 260 g/mol. The van der Waals surface area contributed by atoms with E-state index in [1.165, 1.54) is 6.42 Å². The summed E-state index contributed by atoms with van der Waals surface area (Å²) in [5.74, 6) is 0. The lowest BCUT2D eigenvalue weighted by molar-refractivity contribution is -0.138. The first kappa shape index (κ1) is 14.8. The number of aliphatic hydroxyl groups excluding tert-OH is 1. The molecule has 1 aromatic carbocycles. The predicted molar refractivity (Wildman–Crippen MR) is 78.6 cm³/mol. The number of halogens is 1. The van der Waals surface area contributed by atoms with Crippen molar-refractivity contribution >= 4 is 11.6 Å². The molecule has 0 bridgehead atoms. The van der Waals surface area contributed by atoms with Crippen LogP contribution in [0, 0.1) is 0 Å². The molecule has 3 heteroatoms. The topological polar surface area (TPSA) is 29.5 Å². The van der Waals surface area contributed by atoms with Gasteiger partial charge < -0.3 is 9.84 Å². The van der Waals surface area contributed by atoms with Gasteiger partial charge in [-0.3, -0.25) is 0 Å². The minimum atomic E-state index is -0.479. The number of hydrogen-bond donors (Lipinski definition) is 1. The highest BCUT2D eigenvalue weighted by atomic mass is 35.5. The van der Waals surface area contributed by atoms with Gasteiger partial charge in [0.25, 0.3) is 0 Å². The van der Waals surface area contributed by atoms with Crippen molar-refractivity contribution in [3.63, 3.8) is 0 Å². The number of ether oxygens (including phenoxy) is 1. The highest BCUT2D eigenvalue weighted by molar-refractivity contribution is 6.31. The second-order valence-electron chi connectivity index (χ2n) is 5.37. The molecule has 1 aromatic rings. The Morgan fingerprint density at radius 3 is 2.58 bits per heavy atom. The molecule has 0 spiro atoms. The highest BCUT2D eigenvalue weighted by Crippen LogP contribution is 2.36. The molecule has 0 amide bonds. The van der Waals surface area contributed by atoms with Gasteiger partial charge in [-0.15, -0.1) is 0 Å². The predicted octanol–water partition coefficient (Wildman–Crippen LogP) is 3.98. The normalized spacial score (nSPS) is 20.2. The minimum Gasteiger partial charge on any atom is -0.390 e. The van der Waals surface area contributed by atoms with E-state index in [1.807, 2.05) is 31.2 Å². The fourth-order valence-corrected chi connectivity index (χ4v) is 3.28. The fourth-order valence-electron chi connectivity index (χ4n) is 3.07. The average Bonchev–Trinajstić information content (AvgIpc) is 2.42. The molecule has 1 saturated carbocycles. The lowest BCUT2D eigenvalue weighted by Gasteiger charge is -2.41. The maximum atomic E-state index is 10.6.